The SMILES string of the molecule is CN(C)c1cc(C(=O)N[C@@H]2CCCN(c3ncc[nH]c3=O)C2)ccn1. The first kappa shape index (κ1) is 16.9. The van der Waals surface area contributed by atoms with Gasteiger partial charge in [0.15, 0.2) is 5.82 Å². The summed E-state index contributed by atoms with van der Waals surface area (Å²) >= 11 is 0. The molecule has 8 heteroatoms. The number of carbonyl (C=O) groups excluding carboxylic acids is 1. The fourth-order valence-corrected chi connectivity index (χ4v) is 2.93. The Balaban J connectivity index is 1.68. The summed E-state index contributed by atoms with van der Waals surface area (Å²) < 4.78 is 0. The number of aromatic nitrogens is 3. The molecule has 1 aliphatic rings. The molecule has 0 radical (unpaired) electrons. The minimum Gasteiger partial charge on any atom is -0.363 e. The van der Waals surface area contributed by atoms with Crippen molar-refractivity contribution in [3.8, 4) is 0 Å². The average molecular weight is 342 g/mol. The Morgan fingerprint density at radius 2 is 2.20 bits per heavy atom. The first-order chi connectivity index (χ1) is 12.0. The summed E-state index contributed by atoms with van der Waals surface area (Å²) in [5, 5.41) is 3.05. The highest BCUT2D eigenvalue weighted by Crippen LogP contribution is 2.15. The molecule has 0 saturated carbocycles. The molecule has 25 heavy (non-hydrogen) atoms. The van der Waals surface area contributed by atoms with Gasteiger partial charge in [-0.25, -0.2) is 9.97 Å². The predicted molar refractivity (Wildman–Crippen MR) is 96.1 cm³/mol. The second-order valence-electron chi connectivity index (χ2n) is 6.30. The van der Waals surface area contributed by atoms with Crippen molar-refractivity contribution in [1.82, 2.24) is 20.3 Å². The van der Waals surface area contributed by atoms with Crippen LogP contribution in [-0.4, -0.2) is 54.1 Å². The maximum Gasteiger partial charge on any atom is 0.290 e. The van der Waals surface area contributed by atoms with E-state index >= 15 is 0 Å². The van der Waals surface area contributed by atoms with Crippen molar-refractivity contribution in [3.05, 3.63) is 46.6 Å². The van der Waals surface area contributed by atoms with Crippen LogP contribution >= 0.6 is 0 Å². The highest BCUT2D eigenvalue weighted by atomic mass is 16.1. The Hall–Kier alpha value is -2.90. The zero-order valence-electron chi connectivity index (χ0n) is 14.4. The molecule has 0 aliphatic carbocycles. The van der Waals surface area contributed by atoms with E-state index in [0.29, 0.717) is 17.9 Å². The van der Waals surface area contributed by atoms with E-state index in [0.717, 1.165) is 25.2 Å². The topological polar surface area (TPSA) is 94.2 Å². The summed E-state index contributed by atoms with van der Waals surface area (Å²) in [6.07, 6.45) is 6.48. The number of pyridine rings is 1. The van der Waals surface area contributed by atoms with Gasteiger partial charge in [0.05, 0.1) is 0 Å². The van der Waals surface area contributed by atoms with Gasteiger partial charge in [0.25, 0.3) is 11.5 Å². The summed E-state index contributed by atoms with van der Waals surface area (Å²) in [5.41, 5.74) is 0.366. The van der Waals surface area contributed by atoms with Crippen LogP contribution in [0.3, 0.4) is 0 Å². The maximum absolute atomic E-state index is 12.5. The Labute approximate surface area is 145 Å². The number of rotatable bonds is 4. The monoisotopic (exact) mass is 342 g/mol. The molecule has 2 aromatic rings. The van der Waals surface area contributed by atoms with Gasteiger partial charge in [-0.3, -0.25) is 9.59 Å². The van der Waals surface area contributed by atoms with E-state index in [1.165, 1.54) is 6.20 Å². The summed E-state index contributed by atoms with van der Waals surface area (Å²) in [7, 11) is 3.76. The van der Waals surface area contributed by atoms with Gasteiger partial charge in [-0.2, -0.15) is 0 Å². The average Bonchev–Trinajstić information content (AvgIpc) is 2.62. The number of aromatic amines is 1. The van der Waals surface area contributed by atoms with Gasteiger partial charge >= 0.3 is 0 Å². The van der Waals surface area contributed by atoms with E-state index in [2.05, 4.69) is 20.3 Å². The molecule has 0 unspecified atom stereocenters. The van der Waals surface area contributed by atoms with Gasteiger partial charge in [-0.05, 0) is 25.0 Å². The molecular formula is C17H22N6O2. The molecule has 2 N–H and O–H groups in total. The van der Waals surface area contributed by atoms with Crippen molar-refractivity contribution >= 4 is 17.5 Å². The van der Waals surface area contributed by atoms with Crippen molar-refractivity contribution < 1.29 is 4.79 Å². The molecule has 1 amide bonds. The molecule has 1 aliphatic heterocycles. The highest BCUT2D eigenvalue weighted by molar-refractivity contribution is 5.95. The molecule has 1 saturated heterocycles. The number of piperidine rings is 1. The minimum absolute atomic E-state index is 0.0290. The first-order valence-corrected chi connectivity index (χ1v) is 8.27. The lowest BCUT2D eigenvalue weighted by Gasteiger charge is -2.33. The van der Waals surface area contributed by atoms with Crippen LogP contribution in [0.5, 0.6) is 0 Å². The van der Waals surface area contributed by atoms with Gasteiger partial charge in [0.1, 0.15) is 5.82 Å². The van der Waals surface area contributed by atoms with Crippen LogP contribution in [-0.2, 0) is 0 Å². The number of nitrogens with zero attached hydrogens (tertiary/aromatic N) is 4. The van der Waals surface area contributed by atoms with Crippen LogP contribution in [0.15, 0.2) is 35.5 Å². The molecule has 0 spiro atoms. The Bertz CT molecular complexity index is 803. The molecule has 2 aromatic heterocycles. The van der Waals surface area contributed by atoms with Crippen LogP contribution in [0.1, 0.15) is 23.2 Å². The van der Waals surface area contributed by atoms with Crippen LogP contribution in [0, 0.1) is 0 Å². The van der Waals surface area contributed by atoms with Crippen molar-refractivity contribution in [2.24, 2.45) is 0 Å². The number of carbonyl (C=O) groups is 1. The molecule has 3 rings (SSSR count). The molecule has 1 atom stereocenters. The molecule has 0 aromatic carbocycles. The number of amides is 1. The Kier molecular flexibility index (Phi) is 4.97. The van der Waals surface area contributed by atoms with Gasteiger partial charge < -0.3 is 20.1 Å². The van der Waals surface area contributed by atoms with E-state index in [1.807, 2.05) is 23.9 Å². The lowest BCUT2D eigenvalue weighted by Crippen LogP contribution is -2.49. The highest BCUT2D eigenvalue weighted by Gasteiger charge is 2.24. The largest absolute Gasteiger partial charge is 0.363 e. The molecule has 3 heterocycles. The molecule has 132 valence electrons. The second-order valence-corrected chi connectivity index (χ2v) is 6.30. The van der Waals surface area contributed by atoms with Gasteiger partial charge in [0, 0.05) is 57.4 Å². The summed E-state index contributed by atoms with van der Waals surface area (Å²) in [6, 6.07) is 3.44. The standard InChI is InChI=1S/C17H22N6O2/c1-22(2)14-10-12(5-6-18-14)16(24)21-13-4-3-9-23(11-13)15-17(25)20-8-7-19-15/h5-8,10,13H,3-4,9,11H2,1-2H3,(H,20,25)(H,21,24)/t13-/m1/s1. The lowest BCUT2D eigenvalue weighted by molar-refractivity contribution is 0.0933. The number of hydrogen-bond donors (Lipinski definition) is 2. The Morgan fingerprint density at radius 1 is 1.36 bits per heavy atom. The van der Waals surface area contributed by atoms with Crippen molar-refractivity contribution in [2.45, 2.75) is 18.9 Å². The van der Waals surface area contributed by atoms with E-state index in [9.17, 15) is 9.59 Å². The fourth-order valence-electron chi connectivity index (χ4n) is 2.93. The smallest absolute Gasteiger partial charge is 0.290 e. The third kappa shape index (κ3) is 3.96. The van der Waals surface area contributed by atoms with E-state index < -0.39 is 0 Å². The van der Waals surface area contributed by atoms with Crippen LogP contribution in [0.25, 0.3) is 0 Å². The summed E-state index contributed by atoms with van der Waals surface area (Å²) in [5.74, 6) is 1.01. The van der Waals surface area contributed by atoms with Crippen molar-refractivity contribution in [1.29, 1.82) is 0 Å². The number of H-pyrrole nitrogens is 1. The van der Waals surface area contributed by atoms with E-state index in [-0.39, 0.29) is 17.5 Å². The number of anilines is 2. The summed E-state index contributed by atoms with van der Waals surface area (Å²) in [4.78, 5) is 39.2. The zero-order chi connectivity index (χ0) is 17.8. The number of hydrogen-bond acceptors (Lipinski definition) is 6. The fraction of sp³-hybridized carbons (Fsp3) is 0.412. The second kappa shape index (κ2) is 7.33. The molecule has 8 nitrogen and oxygen atoms in total. The quantitative estimate of drug-likeness (QED) is 0.846. The maximum atomic E-state index is 12.5. The van der Waals surface area contributed by atoms with Gasteiger partial charge in [-0.15, -0.1) is 0 Å². The minimum atomic E-state index is -0.209. The molecule has 0 bridgehead atoms. The third-order valence-corrected chi connectivity index (χ3v) is 4.21. The van der Waals surface area contributed by atoms with Crippen LogP contribution in [0.2, 0.25) is 0 Å². The van der Waals surface area contributed by atoms with Crippen molar-refractivity contribution in [2.75, 3.05) is 37.0 Å². The van der Waals surface area contributed by atoms with E-state index in [4.69, 9.17) is 0 Å². The van der Waals surface area contributed by atoms with E-state index in [1.54, 1.807) is 24.5 Å². The first-order valence-electron chi connectivity index (χ1n) is 8.27. The normalized spacial score (nSPS) is 17.2. The third-order valence-electron chi connectivity index (χ3n) is 4.21. The van der Waals surface area contributed by atoms with Crippen LogP contribution < -0.4 is 20.7 Å². The van der Waals surface area contributed by atoms with Crippen molar-refractivity contribution in [3.63, 3.8) is 0 Å². The van der Waals surface area contributed by atoms with Gasteiger partial charge in [0.2, 0.25) is 0 Å². The Morgan fingerprint density at radius 3 is 2.96 bits per heavy atom. The van der Waals surface area contributed by atoms with Crippen LogP contribution in [0.4, 0.5) is 11.6 Å². The summed E-state index contributed by atoms with van der Waals surface area (Å²) in [6.45, 7) is 1.32. The number of nitrogens with one attached hydrogen (secondary N) is 2. The molecular weight excluding hydrogens is 320 g/mol. The zero-order valence-corrected chi connectivity index (χ0v) is 14.4. The lowest BCUT2D eigenvalue weighted by atomic mass is 10.1. The van der Waals surface area contributed by atoms with Gasteiger partial charge in [-0.1, -0.05) is 0 Å². The predicted octanol–water partition coefficient (Wildman–Crippen LogP) is 0.630. The molecule has 1 fully saturated rings.